The second kappa shape index (κ2) is 7.14. The predicted octanol–water partition coefficient (Wildman–Crippen LogP) is 2.07. The van der Waals surface area contributed by atoms with E-state index >= 15 is 0 Å². The Hall–Kier alpha value is -2.54. The largest absolute Gasteiger partial charge is 0.368 e. The summed E-state index contributed by atoms with van der Waals surface area (Å²) in [6.45, 7) is 4.80. The molecule has 1 fully saturated rings. The van der Waals surface area contributed by atoms with Crippen LogP contribution in [0.1, 0.15) is 5.56 Å². The number of carbonyl (C=O) groups is 1. The van der Waals surface area contributed by atoms with Gasteiger partial charge in [0.25, 0.3) is 10.0 Å². The second-order valence-corrected chi connectivity index (χ2v) is 7.78. The molecule has 25 heavy (non-hydrogen) atoms. The van der Waals surface area contributed by atoms with Gasteiger partial charge in [-0.1, -0.05) is 12.1 Å². The molecule has 2 aromatic carbocycles. The lowest BCUT2D eigenvalue weighted by Crippen LogP contribution is -2.45. The Kier molecular flexibility index (Phi) is 4.94. The zero-order valence-corrected chi connectivity index (χ0v) is 14.9. The van der Waals surface area contributed by atoms with Crippen LogP contribution in [0.2, 0.25) is 0 Å². The SMILES string of the molecule is Cc1cccc(S(=O)(=O)Nc2ccc(N3CCN(C=O)CC3)cc2)c1. The number of amides is 1. The number of piperazine rings is 1. The molecule has 2 aromatic rings. The van der Waals surface area contributed by atoms with Gasteiger partial charge in [0.1, 0.15) is 0 Å². The van der Waals surface area contributed by atoms with Crippen molar-refractivity contribution in [2.45, 2.75) is 11.8 Å². The van der Waals surface area contributed by atoms with Crippen LogP contribution in [0.4, 0.5) is 11.4 Å². The number of rotatable bonds is 5. The summed E-state index contributed by atoms with van der Waals surface area (Å²) >= 11 is 0. The molecule has 1 N–H and O–H groups in total. The van der Waals surface area contributed by atoms with Gasteiger partial charge in [0.2, 0.25) is 6.41 Å². The number of anilines is 2. The van der Waals surface area contributed by atoms with Crippen molar-refractivity contribution in [3.05, 3.63) is 54.1 Å². The van der Waals surface area contributed by atoms with Gasteiger partial charge in [-0.3, -0.25) is 9.52 Å². The maximum absolute atomic E-state index is 12.4. The van der Waals surface area contributed by atoms with Gasteiger partial charge in [0.05, 0.1) is 4.90 Å². The normalized spacial score (nSPS) is 15.1. The lowest BCUT2D eigenvalue weighted by Gasteiger charge is -2.34. The highest BCUT2D eigenvalue weighted by Gasteiger charge is 2.17. The molecule has 6 nitrogen and oxygen atoms in total. The van der Waals surface area contributed by atoms with E-state index in [0.717, 1.165) is 30.8 Å². The number of sulfonamides is 1. The Labute approximate surface area is 148 Å². The lowest BCUT2D eigenvalue weighted by molar-refractivity contribution is -0.118. The molecule has 1 heterocycles. The molecule has 7 heteroatoms. The van der Waals surface area contributed by atoms with E-state index in [4.69, 9.17) is 0 Å². The standard InChI is InChI=1S/C18H21N3O3S/c1-15-3-2-4-18(13-15)25(23,24)19-16-5-7-17(8-6-16)21-11-9-20(14-22)10-12-21/h2-8,13-14,19H,9-12H2,1H3. The highest BCUT2D eigenvalue weighted by atomic mass is 32.2. The first-order valence-corrected chi connectivity index (χ1v) is 9.60. The van der Waals surface area contributed by atoms with Gasteiger partial charge in [0.15, 0.2) is 0 Å². The molecule has 0 bridgehead atoms. The Morgan fingerprint density at radius 1 is 1.00 bits per heavy atom. The smallest absolute Gasteiger partial charge is 0.261 e. The van der Waals surface area contributed by atoms with Crippen molar-refractivity contribution in [3.8, 4) is 0 Å². The maximum atomic E-state index is 12.4. The first kappa shape index (κ1) is 17.3. The number of hydrogen-bond acceptors (Lipinski definition) is 4. The highest BCUT2D eigenvalue weighted by Crippen LogP contribution is 2.22. The third kappa shape index (κ3) is 4.11. The van der Waals surface area contributed by atoms with E-state index in [1.54, 1.807) is 35.2 Å². The molecule has 0 unspecified atom stereocenters. The van der Waals surface area contributed by atoms with Gasteiger partial charge in [-0.25, -0.2) is 8.42 Å². The average Bonchev–Trinajstić information content (AvgIpc) is 2.62. The van der Waals surface area contributed by atoms with Crippen LogP contribution in [0.15, 0.2) is 53.4 Å². The minimum atomic E-state index is -3.59. The fourth-order valence-electron chi connectivity index (χ4n) is 2.82. The number of benzene rings is 2. The van der Waals surface area contributed by atoms with Crippen molar-refractivity contribution in [3.63, 3.8) is 0 Å². The van der Waals surface area contributed by atoms with E-state index in [1.165, 1.54) is 0 Å². The topological polar surface area (TPSA) is 69.7 Å². The average molecular weight is 359 g/mol. The summed E-state index contributed by atoms with van der Waals surface area (Å²) < 4.78 is 27.5. The molecular weight excluding hydrogens is 338 g/mol. The van der Waals surface area contributed by atoms with E-state index < -0.39 is 10.0 Å². The van der Waals surface area contributed by atoms with Crippen LogP contribution in [-0.2, 0) is 14.8 Å². The minimum Gasteiger partial charge on any atom is -0.368 e. The second-order valence-electron chi connectivity index (χ2n) is 6.10. The molecule has 132 valence electrons. The summed E-state index contributed by atoms with van der Waals surface area (Å²) in [4.78, 5) is 14.9. The van der Waals surface area contributed by atoms with Gasteiger partial charge in [-0.05, 0) is 48.9 Å². The predicted molar refractivity (Wildman–Crippen MR) is 98.3 cm³/mol. The van der Waals surface area contributed by atoms with Crippen LogP contribution in [0.25, 0.3) is 0 Å². The third-order valence-electron chi connectivity index (χ3n) is 4.25. The highest BCUT2D eigenvalue weighted by molar-refractivity contribution is 7.92. The number of aryl methyl sites for hydroxylation is 1. The van der Waals surface area contributed by atoms with Crippen LogP contribution in [0, 0.1) is 6.92 Å². The Bertz CT molecular complexity index is 842. The van der Waals surface area contributed by atoms with Crippen molar-refractivity contribution in [1.82, 2.24) is 4.90 Å². The molecular formula is C18H21N3O3S. The van der Waals surface area contributed by atoms with E-state index in [1.807, 2.05) is 25.1 Å². The molecule has 1 saturated heterocycles. The molecule has 0 aliphatic carbocycles. The maximum Gasteiger partial charge on any atom is 0.261 e. The zero-order chi connectivity index (χ0) is 17.9. The number of nitrogens with zero attached hydrogens (tertiary/aromatic N) is 2. The van der Waals surface area contributed by atoms with E-state index in [9.17, 15) is 13.2 Å². The monoisotopic (exact) mass is 359 g/mol. The van der Waals surface area contributed by atoms with Gasteiger partial charge < -0.3 is 9.80 Å². The van der Waals surface area contributed by atoms with Crippen molar-refractivity contribution in [2.75, 3.05) is 35.8 Å². The molecule has 0 spiro atoms. The Morgan fingerprint density at radius 3 is 2.28 bits per heavy atom. The fourth-order valence-corrected chi connectivity index (χ4v) is 3.99. The molecule has 1 aliphatic heterocycles. The molecule has 0 radical (unpaired) electrons. The van der Waals surface area contributed by atoms with Gasteiger partial charge in [0, 0.05) is 37.6 Å². The Balaban J connectivity index is 1.69. The van der Waals surface area contributed by atoms with E-state index in [2.05, 4.69) is 9.62 Å². The van der Waals surface area contributed by atoms with Gasteiger partial charge >= 0.3 is 0 Å². The third-order valence-corrected chi connectivity index (χ3v) is 5.63. The molecule has 0 aromatic heterocycles. The summed E-state index contributed by atoms with van der Waals surface area (Å²) in [7, 11) is -3.59. The quantitative estimate of drug-likeness (QED) is 0.830. The Morgan fingerprint density at radius 2 is 1.68 bits per heavy atom. The summed E-state index contributed by atoms with van der Waals surface area (Å²) in [6, 6.07) is 14.1. The van der Waals surface area contributed by atoms with Crippen LogP contribution in [0.5, 0.6) is 0 Å². The molecule has 1 aliphatic rings. The molecule has 1 amide bonds. The van der Waals surface area contributed by atoms with E-state index in [0.29, 0.717) is 18.8 Å². The first-order valence-electron chi connectivity index (χ1n) is 8.12. The van der Waals surface area contributed by atoms with Crippen LogP contribution >= 0.6 is 0 Å². The molecule has 0 saturated carbocycles. The summed E-state index contributed by atoms with van der Waals surface area (Å²) in [5, 5.41) is 0. The summed E-state index contributed by atoms with van der Waals surface area (Å²) in [5.41, 5.74) is 2.44. The summed E-state index contributed by atoms with van der Waals surface area (Å²) in [5.74, 6) is 0. The van der Waals surface area contributed by atoms with Crippen molar-refractivity contribution in [2.24, 2.45) is 0 Å². The lowest BCUT2D eigenvalue weighted by atomic mass is 10.2. The van der Waals surface area contributed by atoms with Crippen molar-refractivity contribution >= 4 is 27.8 Å². The van der Waals surface area contributed by atoms with Crippen molar-refractivity contribution in [1.29, 1.82) is 0 Å². The van der Waals surface area contributed by atoms with Crippen LogP contribution in [-0.4, -0.2) is 45.9 Å². The minimum absolute atomic E-state index is 0.251. The fraction of sp³-hybridized carbons (Fsp3) is 0.278. The summed E-state index contributed by atoms with van der Waals surface area (Å²) in [6.07, 6.45) is 0.876. The van der Waals surface area contributed by atoms with Gasteiger partial charge in [-0.2, -0.15) is 0 Å². The number of hydrogen-bond donors (Lipinski definition) is 1. The number of carbonyl (C=O) groups excluding carboxylic acids is 1. The van der Waals surface area contributed by atoms with Crippen molar-refractivity contribution < 1.29 is 13.2 Å². The number of nitrogens with one attached hydrogen (secondary N) is 1. The van der Waals surface area contributed by atoms with Crippen LogP contribution in [0.3, 0.4) is 0 Å². The molecule has 3 rings (SSSR count). The molecule has 0 atom stereocenters. The van der Waals surface area contributed by atoms with Gasteiger partial charge in [-0.15, -0.1) is 0 Å². The zero-order valence-electron chi connectivity index (χ0n) is 14.1. The van der Waals surface area contributed by atoms with Crippen LogP contribution < -0.4 is 9.62 Å². The first-order chi connectivity index (χ1) is 12.0. The van der Waals surface area contributed by atoms with E-state index in [-0.39, 0.29) is 4.90 Å².